The summed E-state index contributed by atoms with van der Waals surface area (Å²) < 4.78 is 5.74. The number of rotatable bonds is 3. The zero-order valence-corrected chi connectivity index (χ0v) is 9.38. The number of methoxy groups -OCH3 is 1. The minimum absolute atomic E-state index is 0.144. The maximum Gasteiger partial charge on any atom is 0.0829 e. The van der Waals surface area contributed by atoms with E-state index in [1.807, 2.05) is 7.11 Å². The molecule has 0 bridgehead atoms. The zero-order chi connectivity index (χ0) is 10.0. The van der Waals surface area contributed by atoms with Crippen LogP contribution in [-0.4, -0.2) is 50.3 Å². The number of likely N-dealkylation sites (tertiary alicyclic amines) is 1. The number of ether oxygens (including phenoxy) is 1. The van der Waals surface area contributed by atoms with Crippen molar-refractivity contribution in [2.24, 2.45) is 5.92 Å². The standard InChI is InChI=1S/C11H22N2O/c1-10-7-13(8-10)9-11(14-2)3-5-12-6-4-11/h10,12H,3-9H2,1-2H3. The van der Waals surface area contributed by atoms with Crippen LogP contribution in [0.4, 0.5) is 0 Å². The second kappa shape index (κ2) is 4.17. The van der Waals surface area contributed by atoms with Crippen LogP contribution in [0.25, 0.3) is 0 Å². The molecule has 0 unspecified atom stereocenters. The first-order chi connectivity index (χ1) is 6.74. The molecule has 0 aliphatic carbocycles. The monoisotopic (exact) mass is 198 g/mol. The second-order valence-electron chi connectivity index (χ2n) is 4.94. The molecule has 0 saturated carbocycles. The highest BCUT2D eigenvalue weighted by Crippen LogP contribution is 2.26. The van der Waals surface area contributed by atoms with E-state index in [2.05, 4.69) is 17.1 Å². The van der Waals surface area contributed by atoms with E-state index in [-0.39, 0.29) is 5.60 Å². The van der Waals surface area contributed by atoms with Crippen molar-refractivity contribution in [2.75, 3.05) is 39.8 Å². The molecule has 82 valence electrons. The molecule has 3 nitrogen and oxygen atoms in total. The largest absolute Gasteiger partial charge is 0.377 e. The van der Waals surface area contributed by atoms with Gasteiger partial charge in [-0.05, 0) is 31.8 Å². The molecule has 2 heterocycles. The molecular weight excluding hydrogens is 176 g/mol. The fraction of sp³-hybridized carbons (Fsp3) is 1.00. The van der Waals surface area contributed by atoms with E-state index in [1.54, 1.807) is 0 Å². The number of hydrogen-bond acceptors (Lipinski definition) is 3. The molecule has 0 aromatic heterocycles. The maximum atomic E-state index is 5.74. The van der Waals surface area contributed by atoms with Gasteiger partial charge in [0.25, 0.3) is 0 Å². The van der Waals surface area contributed by atoms with Crippen molar-refractivity contribution < 1.29 is 4.74 Å². The lowest BCUT2D eigenvalue weighted by Gasteiger charge is -2.45. The Labute approximate surface area is 86.8 Å². The van der Waals surface area contributed by atoms with Gasteiger partial charge in [-0.2, -0.15) is 0 Å². The summed E-state index contributed by atoms with van der Waals surface area (Å²) in [6, 6.07) is 0. The van der Waals surface area contributed by atoms with Crippen molar-refractivity contribution in [2.45, 2.75) is 25.4 Å². The summed E-state index contributed by atoms with van der Waals surface area (Å²) in [7, 11) is 1.87. The van der Waals surface area contributed by atoms with E-state index in [0.717, 1.165) is 38.4 Å². The van der Waals surface area contributed by atoms with Gasteiger partial charge in [0.1, 0.15) is 0 Å². The highest BCUT2D eigenvalue weighted by Gasteiger charge is 2.36. The highest BCUT2D eigenvalue weighted by molar-refractivity contribution is 4.91. The Hall–Kier alpha value is -0.120. The van der Waals surface area contributed by atoms with Gasteiger partial charge in [-0.15, -0.1) is 0 Å². The summed E-state index contributed by atoms with van der Waals surface area (Å²) in [5.41, 5.74) is 0.144. The van der Waals surface area contributed by atoms with Crippen molar-refractivity contribution in [3.05, 3.63) is 0 Å². The lowest BCUT2D eigenvalue weighted by molar-refractivity contribution is -0.0754. The van der Waals surface area contributed by atoms with Gasteiger partial charge < -0.3 is 10.1 Å². The zero-order valence-electron chi connectivity index (χ0n) is 9.38. The first-order valence-electron chi connectivity index (χ1n) is 5.72. The first kappa shape index (κ1) is 10.4. The first-order valence-corrected chi connectivity index (χ1v) is 5.72. The average Bonchev–Trinajstić information content (AvgIpc) is 2.17. The van der Waals surface area contributed by atoms with Crippen LogP contribution in [0.3, 0.4) is 0 Å². The number of nitrogens with zero attached hydrogens (tertiary/aromatic N) is 1. The molecule has 1 N–H and O–H groups in total. The fourth-order valence-electron chi connectivity index (χ4n) is 2.67. The predicted molar refractivity (Wildman–Crippen MR) is 57.4 cm³/mol. The molecule has 2 fully saturated rings. The van der Waals surface area contributed by atoms with Crippen LogP contribution in [0.1, 0.15) is 19.8 Å². The lowest BCUT2D eigenvalue weighted by atomic mass is 9.89. The highest BCUT2D eigenvalue weighted by atomic mass is 16.5. The maximum absolute atomic E-state index is 5.74. The van der Waals surface area contributed by atoms with Crippen molar-refractivity contribution in [1.29, 1.82) is 0 Å². The molecule has 2 saturated heterocycles. The third-order valence-corrected chi connectivity index (χ3v) is 3.60. The van der Waals surface area contributed by atoms with Gasteiger partial charge in [0.2, 0.25) is 0 Å². The molecule has 0 atom stereocenters. The minimum atomic E-state index is 0.144. The van der Waals surface area contributed by atoms with E-state index in [1.165, 1.54) is 13.1 Å². The van der Waals surface area contributed by atoms with Crippen LogP contribution < -0.4 is 5.32 Å². The van der Waals surface area contributed by atoms with E-state index >= 15 is 0 Å². The predicted octanol–water partition coefficient (Wildman–Crippen LogP) is 0.707. The van der Waals surface area contributed by atoms with Gasteiger partial charge in [-0.1, -0.05) is 6.92 Å². The molecule has 2 aliphatic heterocycles. The molecule has 2 rings (SSSR count). The SMILES string of the molecule is COC1(CN2CC(C)C2)CCNCC1. The lowest BCUT2D eigenvalue weighted by Crippen LogP contribution is -2.56. The average molecular weight is 198 g/mol. The van der Waals surface area contributed by atoms with E-state index in [4.69, 9.17) is 4.74 Å². The molecular formula is C11H22N2O. The molecule has 0 spiro atoms. The van der Waals surface area contributed by atoms with E-state index in [0.29, 0.717) is 0 Å². The molecule has 0 aromatic rings. The van der Waals surface area contributed by atoms with Gasteiger partial charge in [-0.25, -0.2) is 0 Å². The van der Waals surface area contributed by atoms with Gasteiger partial charge in [0.05, 0.1) is 5.60 Å². The summed E-state index contributed by atoms with van der Waals surface area (Å²) in [4.78, 5) is 2.53. The second-order valence-corrected chi connectivity index (χ2v) is 4.94. The number of nitrogens with one attached hydrogen (secondary N) is 1. The minimum Gasteiger partial charge on any atom is -0.377 e. The summed E-state index contributed by atoms with van der Waals surface area (Å²) >= 11 is 0. The Morgan fingerprint density at radius 2 is 2.00 bits per heavy atom. The number of piperidine rings is 1. The van der Waals surface area contributed by atoms with Gasteiger partial charge >= 0.3 is 0 Å². The van der Waals surface area contributed by atoms with Crippen molar-refractivity contribution >= 4 is 0 Å². The Bertz CT molecular complexity index is 184. The van der Waals surface area contributed by atoms with Gasteiger partial charge in [0, 0.05) is 26.7 Å². The number of hydrogen-bond donors (Lipinski definition) is 1. The summed E-state index contributed by atoms with van der Waals surface area (Å²) in [5, 5.41) is 3.39. The van der Waals surface area contributed by atoms with E-state index in [9.17, 15) is 0 Å². The normalized spacial score (nSPS) is 28.7. The Balaban J connectivity index is 1.85. The summed E-state index contributed by atoms with van der Waals surface area (Å²) in [5.74, 6) is 0.894. The van der Waals surface area contributed by atoms with Crippen molar-refractivity contribution in [3.8, 4) is 0 Å². The molecule has 0 aromatic carbocycles. The van der Waals surface area contributed by atoms with Crippen LogP contribution in [-0.2, 0) is 4.74 Å². The van der Waals surface area contributed by atoms with Gasteiger partial charge in [0.15, 0.2) is 0 Å². The molecule has 3 heteroatoms. The topological polar surface area (TPSA) is 24.5 Å². The molecule has 0 amide bonds. The quantitative estimate of drug-likeness (QED) is 0.723. The van der Waals surface area contributed by atoms with Crippen LogP contribution in [0.2, 0.25) is 0 Å². The molecule has 0 radical (unpaired) electrons. The Morgan fingerprint density at radius 1 is 1.36 bits per heavy atom. The Morgan fingerprint density at radius 3 is 2.50 bits per heavy atom. The molecule has 14 heavy (non-hydrogen) atoms. The smallest absolute Gasteiger partial charge is 0.0829 e. The van der Waals surface area contributed by atoms with Crippen LogP contribution in [0.5, 0.6) is 0 Å². The van der Waals surface area contributed by atoms with Crippen LogP contribution >= 0.6 is 0 Å². The van der Waals surface area contributed by atoms with E-state index < -0.39 is 0 Å². The summed E-state index contributed by atoms with van der Waals surface area (Å²) in [6.45, 7) is 8.19. The van der Waals surface area contributed by atoms with Crippen LogP contribution in [0, 0.1) is 5.92 Å². The fourth-order valence-corrected chi connectivity index (χ4v) is 2.67. The van der Waals surface area contributed by atoms with Crippen molar-refractivity contribution in [1.82, 2.24) is 10.2 Å². The van der Waals surface area contributed by atoms with Crippen LogP contribution in [0.15, 0.2) is 0 Å². The van der Waals surface area contributed by atoms with Crippen molar-refractivity contribution in [3.63, 3.8) is 0 Å². The Kier molecular flexibility index (Phi) is 3.10. The summed E-state index contributed by atoms with van der Waals surface area (Å²) in [6.07, 6.45) is 2.32. The third kappa shape index (κ3) is 2.10. The molecule has 2 aliphatic rings. The van der Waals surface area contributed by atoms with Gasteiger partial charge in [-0.3, -0.25) is 4.90 Å². The third-order valence-electron chi connectivity index (χ3n) is 3.60.